The SMILES string of the molecule is C[C@H]1C[C@@H]2[C@@H](CC(=O)N2C2CC2)[C@@H]1CNC(=O)C1CC1. The molecule has 4 rings (SSSR count). The van der Waals surface area contributed by atoms with Gasteiger partial charge in [-0.25, -0.2) is 0 Å². The third-order valence-electron chi connectivity index (χ3n) is 5.84. The highest BCUT2D eigenvalue weighted by Crippen LogP contribution is 2.49. The first-order valence-electron chi connectivity index (χ1n) is 8.24. The van der Waals surface area contributed by atoms with Gasteiger partial charge in [0, 0.05) is 31.0 Å². The Bertz CT molecular complexity index is 442. The van der Waals surface area contributed by atoms with Crippen molar-refractivity contribution in [2.75, 3.05) is 6.54 Å². The Balaban J connectivity index is 1.42. The molecule has 4 fully saturated rings. The predicted octanol–water partition coefficient (Wildman–Crippen LogP) is 1.55. The normalized spacial score (nSPS) is 40.0. The minimum Gasteiger partial charge on any atom is -0.356 e. The standard InChI is InChI=1S/C16H24N2O2/c1-9-6-14-12(7-15(19)18(14)11-4-5-11)13(9)8-17-16(20)10-2-3-10/h9-14H,2-8H2,1H3,(H,17,20)/t9-,12-,13+,14+/m0/s1. The summed E-state index contributed by atoms with van der Waals surface area (Å²) in [5.74, 6) is 2.50. The predicted molar refractivity (Wildman–Crippen MR) is 74.8 cm³/mol. The Kier molecular flexibility index (Phi) is 2.83. The summed E-state index contributed by atoms with van der Waals surface area (Å²) in [5, 5.41) is 3.14. The highest BCUT2D eigenvalue weighted by Gasteiger charge is 2.54. The molecular formula is C16H24N2O2. The zero-order chi connectivity index (χ0) is 13.9. The Morgan fingerprint density at radius 2 is 2.05 bits per heavy atom. The van der Waals surface area contributed by atoms with Crippen LogP contribution in [0, 0.1) is 23.7 Å². The molecule has 1 saturated heterocycles. The van der Waals surface area contributed by atoms with E-state index in [1.807, 2.05) is 0 Å². The summed E-state index contributed by atoms with van der Waals surface area (Å²) >= 11 is 0. The Labute approximate surface area is 120 Å². The van der Waals surface area contributed by atoms with Crippen LogP contribution in [0.4, 0.5) is 0 Å². The molecule has 1 aliphatic heterocycles. The van der Waals surface area contributed by atoms with E-state index in [0.29, 0.717) is 35.7 Å². The number of nitrogens with one attached hydrogen (secondary N) is 1. The average molecular weight is 276 g/mol. The Morgan fingerprint density at radius 3 is 2.70 bits per heavy atom. The molecule has 2 amide bonds. The fourth-order valence-corrected chi connectivity index (χ4v) is 4.43. The fraction of sp³-hybridized carbons (Fsp3) is 0.875. The van der Waals surface area contributed by atoms with Gasteiger partial charge in [0.25, 0.3) is 0 Å². The van der Waals surface area contributed by atoms with Crippen molar-refractivity contribution in [2.45, 2.75) is 57.5 Å². The van der Waals surface area contributed by atoms with E-state index in [1.54, 1.807) is 0 Å². The van der Waals surface area contributed by atoms with Crippen molar-refractivity contribution in [3.63, 3.8) is 0 Å². The molecule has 0 aromatic heterocycles. The molecule has 110 valence electrons. The lowest BCUT2D eigenvalue weighted by Gasteiger charge is -2.24. The lowest BCUT2D eigenvalue weighted by atomic mass is 9.88. The van der Waals surface area contributed by atoms with Gasteiger partial charge in [-0.3, -0.25) is 9.59 Å². The summed E-state index contributed by atoms with van der Waals surface area (Å²) in [7, 11) is 0. The zero-order valence-electron chi connectivity index (χ0n) is 12.2. The highest BCUT2D eigenvalue weighted by molar-refractivity contribution is 5.81. The van der Waals surface area contributed by atoms with E-state index in [1.165, 1.54) is 12.8 Å². The lowest BCUT2D eigenvalue weighted by molar-refractivity contribution is -0.129. The first kappa shape index (κ1) is 12.7. The molecule has 4 nitrogen and oxygen atoms in total. The van der Waals surface area contributed by atoms with Crippen LogP contribution in [0.3, 0.4) is 0 Å². The molecule has 4 aliphatic rings. The van der Waals surface area contributed by atoms with Gasteiger partial charge in [0.15, 0.2) is 0 Å². The van der Waals surface area contributed by atoms with Crippen molar-refractivity contribution in [1.82, 2.24) is 10.2 Å². The largest absolute Gasteiger partial charge is 0.356 e. The van der Waals surface area contributed by atoms with Gasteiger partial charge < -0.3 is 10.2 Å². The molecule has 4 atom stereocenters. The maximum absolute atomic E-state index is 12.2. The number of hydrogen-bond donors (Lipinski definition) is 1. The molecule has 0 bridgehead atoms. The molecule has 1 heterocycles. The number of nitrogens with zero attached hydrogens (tertiary/aromatic N) is 1. The molecule has 3 saturated carbocycles. The van der Waals surface area contributed by atoms with E-state index in [0.717, 1.165) is 32.2 Å². The van der Waals surface area contributed by atoms with Gasteiger partial charge in [-0.1, -0.05) is 6.92 Å². The number of fused-ring (bicyclic) bond motifs is 1. The quantitative estimate of drug-likeness (QED) is 0.847. The molecule has 0 radical (unpaired) electrons. The van der Waals surface area contributed by atoms with Gasteiger partial charge in [0.05, 0.1) is 0 Å². The van der Waals surface area contributed by atoms with Gasteiger partial charge in [-0.15, -0.1) is 0 Å². The second-order valence-electron chi connectivity index (χ2n) is 7.36. The van der Waals surface area contributed by atoms with E-state index in [9.17, 15) is 9.59 Å². The maximum Gasteiger partial charge on any atom is 0.223 e. The number of amides is 2. The summed E-state index contributed by atoms with van der Waals surface area (Å²) < 4.78 is 0. The van der Waals surface area contributed by atoms with E-state index in [2.05, 4.69) is 17.1 Å². The highest BCUT2D eigenvalue weighted by atomic mass is 16.2. The summed E-state index contributed by atoms with van der Waals surface area (Å²) in [6.07, 6.45) is 6.38. The minimum atomic E-state index is 0.240. The number of likely N-dealkylation sites (tertiary alicyclic amines) is 1. The van der Waals surface area contributed by atoms with Crippen molar-refractivity contribution < 1.29 is 9.59 Å². The monoisotopic (exact) mass is 276 g/mol. The fourth-order valence-electron chi connectivity index (χ4n) is 4.43. The van der Waals surface area contributed by atoms with Crippen LogP contribution in [0.25, 0.3) is 0 Å². The topological polar surface area (TPSA) is 49.4 Å². The minimum absolute atomic E-state index is 0.240. The van der Waals surface area contributed by atoms with Crippen molar-refractivity contribution >= 4 is 11.8 Å². The first-order chi connectivity index (χ1) is 9.65. The second-order valence-corrected chi connectivity index (χ2v) is 7.36. The molecule has 4 heteroatoms. The van der Waals surface area contributed by atoms with Crippen LogP contribution in [0.2, 0.25) is 0 Å². The average Bonchev–Trinajstić information content (AvgIpc) is 3.29. The number of rotatable bonds is 4. The molecule has 3 aliphatic carbocycles. The van der Waals surface area contributed by atoms with Crippen LogP contribution >= 0.6 is 0 Å². The lowest BCUT2D eigenvalue weighted by Crippen LogP contribution is -2.36. The molecule has 0 unspecified atom stereocenters. The van der Waals surface area contributed by atoms with E-state index >= 15 is 0 Å². The summed E-state index contributed by atoms with van der Waals surface area (Å²) in [6, 6.07) is 1.01. The van der Waals surface area contributed by atoms with Crippen molar-refractivity contribution in [3.8, 4) is 0 Å². The van der Waals surface area contributed by atoms with Crippen molar-refractivity contribution in [1.29, 1.82) is 0 Å². The number of hydrogen-bond acceptors (Lipinski definition) is 2. The maximum atomic E-state index is 12.2. The summed E-state index contributed by atoms with van der Waals surface area (Å²) in [6.45, 7) is 3.07. The van der Waals surface area contributed by atoms with Crippen LogP contribution in [-0.2, 0) is 9.59 Å². The van der Waals surface area contributed by atoms with Crippen LogP contribution in [0.1, 0.15) is 45.4 Å². The third-order valence-corrected chi connectivity index (χ3v) is 5.84. The van der Waals surface area contributed by atoms with Crippen LogP contribution in [0.15, 0.2) is 0 Å². The molecule has 0 aromatic rings. The van der Waals surface area contributed by atoms with Crippen LogP contribution in [0.5, 0.6) is 0 Å². The van der Waals surface area contributed by atoms with Gasteiger partial charge in [-0.05, 0) is 49.9 Å². The number of carbonyl (C=O) groups is 2. The van der Waals surface area contributed by atoms with E-state index in [-0.39, 0.29) is 11.8 Å². The Morgan fingerprint density at radius 1 is 1.30 bits per heavy atom. The number of carbonyl (C=O) groups excluding carboxylic acids is 2. The summed E-state index contributed by atoms with van der Waals surface area (Å²) in [5.41, 5.74) is 0. The smallest absolute Gasteiger partial charge is 0.223 e. The van der Waals surface area contributed by atoms with Crippen LogP contribution < -0.4 is 5.32 Å². The van der Waals surface area contributed by atoms with Crippen LogP contribution in [-0.4, -0.2) is 35.3 Å². The molecule has 0 aromatic carbocycles. The zero-order valence-corrected chi connectivity index (χ0v) is 12.2. The molecule has 0 spiro atoms. The molecule has 20 heavy (non-hydrogen) atoms. The second kappa shape index (κ2) is 4.47. The van der Waals surface area contributed by atoms with Gasteiger partial charge in [0.1, 0.15) is 0 Å². The van der Waals surface area contributed by atoms with Gasteiger partial charge >= 0.3 is 0 Å². The van der Waals surface area contributed by atoms with Crippen molar-refractivity contribution in [2.24, 2.45) is 23.7 Å². The Hall–Kier alpha value is -1.06. The molecule has 1 N–H and O–H groups in total. The van der Waals surface area contributed by atoms with Gasteiger partial charge in [-0.2, -0.15) is 0 Å². The van der Waals surface area contributed by atoms with E-state index < -0.39 is 0 Å². The van der Waals surface area contributed by atoms with Crippen molar-refractivity contribution in [3.05, 3.63) is 0 Å². The van der Waals surface area contributed by atoms with E-state index in [4.69, 9.17) is 0 Å². The molecular weight excluding hydrogens is 252 g/mol. The third kappa shape index (κ3) is 2.04. The van der Waals surface area contributed by atoms with Gasteiger partial charge in [0.2, 0.25) is 11.8 Å². The summed E-state index contributed by atoms with van der Waals surface area (Å²) in [4.78, 5) is 26.2. The first-order valence-corrected chi connectivity index (χ1v) is 8.24.